The SMILES string of the molecule is CC(C)[C@@H]1CC[C@@H](C)C[C@H]1O.CCCCCCCCCCCCOS(=O)(=O)[O-].[Na+]. The molecule has 5 nitrogen and oxygen atoms in total. The summed E-state index contributed by atoms with van der Waals surface area (Å²) in [6.45, 7) is 8.90. The third-order valence-corrected chi connectivity index (χ3v) is 6.17. The molecule has 0 aliphatic heterocycles. The van der Waals surface area contributed by atoms with Crippen molar-refractivity contribution in [2.45, 2.75) is 117 Å². The van der Waals surface area contributed by atoms with Gasteiger partial charge >= 0.3 is 29.6 Å². The number of rotatable bonds is 13. The molecule has 29 heavy (non-hydrogen) atoms. The average molecular weight is 445 g/mol. The number of aliphatic hydroxyl groups is 1. The van der Waals surface area contributed by atoms with Gasteiger partial charge in [-0.1, -0.05) is 91.9 Å². The summed E-state index contributed by atoms with van der Waals surface area (Å²) >= 11 is 0. The zero-order valence-electron chi connectivity index (χ0n) is 19.7. The molecule has 0 radical (unpaired) electrons. The summed E-state index contributed by atoms with van der Waals surface area (Å²) in [5.41, 5.74) is 0. The van der Waals surface area contributed by atoms with E-state index in [0.29, 0.717) is 18.3 Å². The molecule has 0 heterocycles. The topological polar surface area (TPSA) is 86.7 Å². The van der Waals surface area contributed by atoms with Gasteiger partial charge in [-0.3, -0.25) is 4.18 Å². The minimum Gasteiger partial charge on any atom is -0.726 e. The second-order valence-electron chi connectivity index (χ2n) is 8.81. The van der Waals surface area contributed by atoms with Crippen molar-refractivity contribution in [3.63, 3.8) is 0 Å². The van der Waals surface area contributed by atoms with E-state index in [1.165, 1.54) is 57.8 Å². The molecular weight excluding hydrogens is 399 g/mol. The first kappa shape index (κ1) is 32.0. The Morgan fingerprint density at radius 2 is 1.45 bits per heavy atom. The van der Waals surface area contributed by atoms with Crippen LogP contribution in [0.3, 0.4) is 0 Å². The van der Waals surface area contributed by atoms with E-state index in [-0.39, 0.29) is 42.3 Å². The van der Waals surface area contributed by atoms with Gasteiger partial charge in [-0.25, -0.2) is 8.42 Å². The summed E-state index contributed by atoms with van der Waals surface area (Å²) in [6, 6.07) is 0. The molecule has 0 amide bonds. The Bertz CT molecular complexity index is 456. The summed E-state index contributed by atoms with van der Waals surface area (Å²) in [5, 5.41) is 9.71. The first-order valence-corrected chi connectivity index (χ1v) is 12.8. The van der Waals surface area contributed by atoms with Crippen LogP contribution < -0.4 is 29.6 Å². The first-order valence-electron chi connectivity index (χ1n) is 11.5. The van der Waals surface area contributed by atoms with Gasteiger partial charge in [0.25, 0.3) is 0 Å². The van der Waals surface area contributed by atoms with E-state index in [2.05, 4.69) is 31.9 Å². The molecule has 1 aliphatic rings. The molecule has 0 saturated heterocycles. The van der Waals surface area contributed by atoms with E-state index in [0.717, 1.165) is 25.2 Å². The molecule has 0 aromatic rings. The Hall–Kier alpha value is 0.830. The van der Waals surface area contributed by atoms with E-state index in [1.54, 1.807) is 0 Å². The molecule has 1 N–H and O–H groups in total. The number of aliphatic hydroxyl groups excluding tert-OH is 1. The minimum absolute atomic E-state index is 0. The molecule has 0 bridgehead atoms. The van der Waals surface area contributed by atoms with Crippen LogP contribution in [0.5, 0.6) is 0 Å². The van der Waals surface area contributed by atoms with Crippen molar-refractivity contribution in [1.82, 2.24) is 0 Å². The Morgan fingerprint density at radius 3 is 1.86 bits per heavy atom. The smallest absolute Gasteiger partial charge is 0.726 e. The van der Waals surface area contributed by atoms with Gasteiger partial charge in [0.05, 0.1) is 12.7 Å². The van der Waals surface area contributed by atoms with Gasteiger partial charge in [0.1, 0.15) is 0 Å². The zero-order valence-corrected chi connectivity index (χ0v) is 22.5. The summed E-state index contributed by atoms with van der Waals surface area (Å²) in [7, 11) is -4.48. The average Bonchev–Trinajstić information content (AvgIpc) is 2.59. The van der Waals surface area contributed by atoms with Crippen molar-refractivity contribution >= 4 is 10.4 Å². The van der Waals surface area contributed by atoms with Crippen LogP contribution in [-0.2, 0) is 14.6 Å². The fourth-order valence-corrected chi connectivity index (χ4v) is 4.22. The third kappa shape index (κ3) is 20.5. The van der Waals surface area contributed by atoms with Crippen LogP contribution >= 0.6 is 0 Å². The second kappa shape index (κ2) is 19.5. The summed E-state index contributed by atoms with van der Waals surface area (Å²) < 4.78 is 34.5. The predicted octanol–water partition coefficient (Wildman–Crippen LogP) is 2.83. The van der Waals surface area contributed by atoms with Crippen LogP contribution in [0.2, 0.25) is 0 Å². The van der Waals surface area contributed by atoms with Crippen LogP contribution in [0.1, 0.15) is 111 Å². The van der Waals surface area contributed by atoms with Crippen molar-refractivity contribution in [2.24, 2.45) is 17.8 Å². The molecule has 0 aromatic heterocycles. The maximum atomic E-state index is 10.1. The fraction of sp³-hybridized carbons (Fsp3) is 1.00. The van der Waals surface area contributed by atoms with E-state index in [1.807, 2.05) is 0 Å². The Balaban J connectivity index is 0. The summed E-state index contributed by atoms with van der Waals surface area (Å²) in [6.07, 6.45) is 15.2. The van der Waals surface area contributed by atoms with Gasteiger partial charge in [0.2, 0.25) is 10.4 Å². The summed E-state index contributed by atoms with van der Waals surface area (Å²) in [4.78, 5) is 0. The molecule has 1 rings (SSSR count). The molecule has 170 valence electrons. The quantitative estimate of drug-likeness (QED) is 0.204. The van der Waals surface area contributed by atoms with Crippen molar-refractivity contribution in [2.75, 3.05) is 6.61 Å². The van der Waals surface area contributed by atoms with E-state index in [9.17, 15) is 18.1 Å². The molecule has 0 unspecified atom stereocenters. The van der Waals surface area contributed by atoms with Crippen LogP contribution in [0, 0.1) is 17.8 Å². The molecule has 1 aliphatic carbocycles. The van der Waals surface area contributed by atoms with Crippen molar-refractivity contribution in [3.05, 3.63) is 0 Å². The van der Waals surface area contributed by atoms with E-state index >= 15 is 0 Å². The Morgan fingerprint density at radius 1 is 0.966 bits per heavy atom. The Kier molecular flexibility index (Phi) is 21.5. The fourth-order valence-electron chi connectivity index (χ4n) is 3.90. The van der Waals surface area contributed by atoms with Crippen molar-refractivity contribution < 1.29 is 51.8 Å². The monoisotopic (exact) mass is 444 g/mol. The molecule has 1 saturated carbocycles. The number of hydrogen-bond acceptors (Lipinski definition) is 5. The number of unbranched alkanes of at least 4 members (excludes halogenated alkanes) is 9. The van der Waals surface area contributed by atoms with Crippen molar-refractivity contribution in [1.29, 1.82) is 0 Å². The maximum absolute atomic E-state index is 10.1. The maximum Gasteiger partial charge on any atom is 1.00 e. The largest absolute Gasteiger partial charge is 1.00 e. The van der Waals surface area contributed by atoms with Crippen molar-refractivity contribution in [3.8, 4) is 0 Å². The molecule has 3 atom stereocenters. The predicted molar refractivity (Wildman–Crippen MR) is 115 cm³/mol. The molecule has 7 heteroatoms. The first-order chi connectivity index (χ1) is 13.2. The Labute approximate surface area is 203 Å². The van der Waals surface area contributed by atoms with Gasteiger partial charge in [-0.05, 0) is 37.0 Å². The van der Waals surface area contributed by atoms with Crippen LogP contribution in [-0.4, -0.2) is 30.8 Å². The van der Waals surface area contributed by atoms with Crippen LogP contribution in [0.4, 0.5) is 0 Å². The van der Waals surface area contributed by atoms with Crippen LogP contribution in [0.15, 0.2) is 0 Å². The van der Waals surface area contributed by atoms with Gasteiger partial charge in [-0.15, -0.1) is 0 Å². The molecule has 0 spiro atoms. The standard InChI is InChI=1S/C12H26O4S.C10H20O.Na/c1-2-3-4-5-6-7-8-9-10-11-12-16-17(13,14)15;1-7(2)9-5-4-8(3)6-10(9)11;/h2-12H2,1H3,(H,13,14,15);7-11H,4-6H2,1-3H3;/q;;+1/p-1/t;8-,9+,10-;/m.1./s1. The zero-order chi connectivity index (χ0) is 21.4. The van der Waals surface area contributed by atoms with Gasteiger partial charge in [0, 0.05) is 0 Å². The number of hydrogen-bond donors (Lipinski definition) is 1. The second-order valence-corrected chi connectivity index (χ2v) is 9.86. The van der Waals surface area contributed by atoms with Gasteiger partial charge < -0.3 is 9.66 Å². The van der Waals surface area contributed by atoms with E-state index in [4.69, 9.17) is 0 Å². The normalized spacial score (nSPS) is 22.0. The molecule has 1 fully saturated rings. The van der Waals surface area contributed by atoms with Gasteiger partial charge in [-0.2, -0.15) is 0 Å². The minimum atomic E-state index is -4.48. The van der Waals surface area contributed by atoms with E-state index < -0.39 is 10.4 Å². The summed E-state index contributed by atoms with van der Waals surface area (Å²) in [5.74, 6) is 1.95. The molecule has 0 aromatic carbocycles. The molecular formula is C22H45NaO5S. The third-order valence-electron chi connectivity index (χ3n) is 5.71. The van der Waals surface area contributed by atoms with Gasteiger partial charge in [0.15, 0.2) is 0 Å². The van der Waals surface area contributed by atoms with Crippen LogP contribution in [0.25, 0.3) is 0 Å².